The molecule has 6 nitrogen and oxygen atoms in total. The summed E-state index contributed by atoms with van der Waals surface area (Å²) in [6, 6.07) is 7.54. The van der Waals surface area contributed by atoms with Crippen LogP contribution in [0.1, 0.15) is 71.6 Å². The highest BCUT2D eigenvalue weighted by Crippen LogP contribution is 2.28. The number of ether oxygens (including phenoxy) is 1. The van der Waals surface area contributed by atoms with E-state index in [-0.39, 0.29) is 17.9 Å². The van der Waals surface area contributed by atoms with Gasteiger partial charge in [0.15, 0.2) is 0 Å². The van der Waals surface area contributed by atoms with Crippen molar-refractivity contribution in [2.75, 3.05) is 5.32 Å². The van der Waals surface area contributed by atoms with Crippen LogP contribution in [-0.2, 0) is 14.8 Å². The van der Waals surface area contributed by atoms with Gasteiger partial charge in [-0.3, -0.25) is 4.79 Å². The first-order valence-electron chi connectivity index (χ1n) is 10.9. The Morgan fingerprint density at radius 3 is 2.17 bits per heavy atom. The van der Waals surface area contributed by atoms with Crippen molar-refractivity contribution >= 4 is 21.6 Å². The molecule has 0 bridgehead atoms. The van der Waals surface area contributed by atoms with Crippen LogP contribution in [0.3, 0.4) is 0 Å². The molecule has 1 aromatic carbocycles. The number of amides is 1. The fourth-order valence-corrected chi connectivity index (χ4v) is 5.05. The molecule has 29 heavy (non-hydrogen) atoms. The number of sulfonamides is 1. The minimum atomic E-state index is -3.26. The van der Waals surface area contributed by atoms with E-state index in [2.05, 4.69) is 10.0 Å². The summed E-state index contributed by atoms with van der Waals surface area (Å²) in [5.74, 6) is 0.789. The summed E-state index contributed by atoms with van der Waals surface area (Å²) in [5, 5.41) is 2.55. The predicted octanol–water partition coefficient (Wildman–Crippen LogP) is 4.22. The normalized spacial score (nSPS) is 23.7. The molecule has 2 fully saturated rings. The number of nitrogens with one attached hydrogen (secondary N) is 2. The van der Waals surface area contributed by atoms with Gasteiger partial charge < -0.3 is 10.1 Å². The molecule has 0 aromatic heterocycles. The van der Waals surface area contributed by atoms with E-state index in [1.165, 1.54) is 19.3 Å². The molecule has 0 radical (unpaired) electrons. The minimum absolute atomic E-state index is 0.0103. The lowest BCUT2D eigenvalue weighted by molar-refractivity contribution is -0.120. The van der Waals surface area contributed by atoms with Gasteiger partial charge >= 0.3 is 0 Å². The van der Waals surface area contributed by atoms with Gasteiger partial charge in [0.05, 0.1) is 11.4 Å². The summed E-state index contributed by atoms with van der Waals surface area (Å²) in [6.45, 7) is 3.35. The van der Waals surface area contributed by atoms with Gasteiger partial charge in [-0.2, -0.15) is 0 Å². The molecule has 0 atom stereocenters. The van der Waals surface area contributed by atoms with E-state index in [1.807, 2.05) is 24.3 Å². The van der Waals surface area contributed by atoms with Gasteiger partial charge in [-0.25, -0.2) is 13.1 Å². The largest absolute Gasteiger partial charge is 0.490 e. The second-order valence-electron chi connectivity index (χ2n) is 8.65. The highest BCUT2D eigenvalue weighted by Gasteiger charge is 2.29. The van der Waals surface area contributed by atoms with Crippen LogP contribution in [-0.4, -0.2) is 31.7 Å². The Morgan fingerprint density at radius 2 is 1.59 bits per heavy atom. The van der Waals surface area contributed by atoms with Crippen molar-refractivity contribution in [1.82, 2.24) is 4.72 Å². The summed E-state index contributed by atoms with van der Waals surface area (Å²) in [6.07, 6.45) is 9.10. The summed E-state index contributed by atoms with van der Waals surface area (Å²) >= 11 is 0. The number of rotatable bonds is 7. The third-order valence-electron chi connectivity index (χ3n) is 6.03. The molecule has 0 unspecified atom stereocenters. The van der Waals surface area contributed by atoms with E-state index in [0.29, 0.717) is 31.8 Å². The second kappa shape index (κ2) is 9.94. The van der Waals surface area contributed by atoms with Crippen LogP contribution >= 0.6 is 0 Å². The molecule has 1 amide bonds. The van der Waals surface area contributed by atoms with Gasteiger partial charge in [0.1, 0.15) is 5.75 Å². The zero-order chi connectivity index (χ0) is 20.9. The van der Waals surface area contributed by atoms with E-state index in [0.717, 1.165) is 24.3 Å². The summed E-state index contributed by atoms with van der Waals surface area (Å²) < 4.78 is 32.8. The van der Waals surface area contributed by atoms with Gasteiger partial charge in [0, 0.05) is 17.6 Å². The SMILES string of the molecule is CC(C)S(=O)(=O)N[C@H]1CC[C@H](C(=O)Nc2ccc(OC3CCCCC3)cc2)CC1. The lowest BCUT2D eigenvalue weighted by Crippen LogP contribution is -2.42. The van der Waals surface area contributed by atoms with E-state index in [1.54, 1.807) is 13.8 Å². The molecule has 162 valence electrons. The van der Waals surface area contributed by atoms with Crippen LogP contribution in [0.5, 0.6) is 5.75 Å². The number of benzene rings is 1. The first-order valence-corrected chi connectivity index (χ1v) is 12.5. The van der Waals surface area contributed by atoms with Gasteiger partial charge in [0.25, 0.3) is 0 Å². The maximum absolute atomic E-state index is 12.6. The standard InChI is InChI=1S/C22H34N2O4S/c1-16(2)29(26,27)24-19-10-8-17(9-11-19)22(25)23-18-12-14-21(15-13-18)28-20-6-4-3-5-7-20/h12-17,19-20,24H,3-11H2,1-2H3,(H,23,25)/t17-,19-. The molecule has 2 N–H and O–H groups in total. The Kier molecular flexibility index (Phi) is 7.57. The van der Waals surface area contributed by atoms with Crippen LogP contribution in [0.15, 0.2) is 24.3 Å². The Labute approximate surface area is 174 Å². The van der Waals surface area contributed by atoms with Crippen molar-refractivity contribution in [3.8, 4) is 5.75 Å². The van der Waals surface area contributed by atoms with Crippen molar-refractivity contribution in [3.63, 3.8) is 0 Å². The van der Waals surface area contributed by atoms with Crippen molar-refractivity contribution in [2.45, 2.75) is 89.0 Å². The van der Waals surface area contributed by atoms with E-state index in [4.69, 9.17) is 4.74 Å². The van der Waals surface area contributed by atoms with E-state index >= 15 is 0 Å². The lowest BCUT2D eigenvalue weighted by Gasteiger charge is -2.28. The second-order valence-corrected chi connectivity index (χ2v) is 10.9. The first-order chi connectivity index (χ1) is 13.8. The molecule has 2 saturated carbocycles. The summed E-state index contributed by atoms with van der Waals surface area (Å²) in [7, 11) is -3.26. The topological polar surface area (TPSA) is 84.5 Å². The van der Waals surface area contributed by atoms with Crippen LogP contribution in [0, 0.1) is 5.92 Å². The highest BCUT2D eigenvalue weighted by atomic mass is 32.2. The van der Waals surface area contributed by atoms with E-state index in [9.17, 15) is 13.2 Å². The third kappa shape index (κ3) is 6.44. The first kappa shape index (κ1) is 22.1. The molecule has 3 rings (SSSR count). The van der Waals surface area contributed by atoms with Crippen molar-refractivity contribution < 1.29 is 17.9 Å². The Bertz CT molecular complexity index is 763. The number of carbonyl (C=O) groups excluding carboxylic acids is 1. The fraction of sp³-hybridized carbons (Fsp3) is 0.682. The number of carbonyl (C=O) groups is 1. The molecule has 0 spiro atoms. The quantitative estimate of drug-likeness (QED) is 0.689. The minimum Gasteiger partial charge on any atom is -0.490 e. The molecule has 1 aromatic rings. The third-order valence-corrected chi connectivity index (χ3v) is 7.93. The molecular weight excluding hydrogens is 388 g/mol. The van der Waals surface area contributed by atoms with Crippen LogP contribution in [0.25, 0.3) is 0 Å². The zero-order valence-corrected chi connectivity index (χ0v) is 18.3. The summed E-state index contributed by atoms with van der Waals surface area (Å²) in [4.78, 5) is 12.6. The molecular formula is C22H34N2O4S. The van der Waals surface area contributed by atoms with Crippen molar-refractivity contribution in [3.05, 3.63) is 24.3 Å². The van der Waals surface area contributed by atoms with Gasteiger partial charge in [-0.1, -0.05) is 6.42 Å². The fourth-order valence-electron chi connectivity index (χ4n) is 4.08. The molecule has 2 aliphatic rings. The number of anilines is 1. The van der Waals surface area contributed by atoms with Crippen molar-refractivity contribution in [1.29, 1.82) is 0 Å². The molecule has 0 heterocycles. The average molecular weight is 423 g/mol. The zero-order valence-electron chi connectivity index (χ0n) is 17.5. The smallest absolute Gasteiger partial charge is 0.227 e. The molecule has 7 heteroatoms. The maximum atomic E-state index is 12.6. The Morgan fingerprint density at radius 1 is 0.966 bits per heavy atom. The van der Waals surface area contributed by atoms with Gasteiger partial charge in [-0.15, -0.1) is 0 Å². The van der Waals surface area contributed by atoms with Crippen LogP contribution in [0.4, 0.5) is 5.69 Å². The summed E-state index contributed by atoms with van der Waals surface area (Å²) in [5.41, 5.74) is 0.772. The van der Waals surface area contributed by atoms with Gasteiger partial charge in [0.2, 0.25) is 15.9 Å². The molecule has 2 aliphatic carbocycles. The maximum Gasteiger partial charge on any atom is 0.227 e. The highest BCUT2D eigenvalue weighted by molar-refractivity contribution is 7.90. The Balaban J connectivity index is 1.44. The van der Waals surface area contributed by atoms with Crippen molar-refractivity contribution in [2.24, 2.45) is 5.92 Å². The number of hydrogen-bond acceptors (Lipinski definition) is 4. The Hall–Kier alpha value is -1.60. The molecule has 0 saturated heterocycles. The average Bonchev–Trinajstić information content (AvgIpc) is 2.70. The monoisotopic (exact) mass is 422 g/mol. The molecule has 0 aliphatic heterocycles. The number of hydrogen-bond donors (Lipinski definition) is 2. The van der Waals surface area contributed by atoms with Crippen LogP contribution < -0.4 is 14.8 Å². The predicted molar refractivity (Wildman–Crippen MR) is 116 cm³/mol. The van der Waals surface area contributed by atoms with E-state index < -0.39 is 15.3 Å². The lowest BCUT2D eigenvalue weighted by atomic mass is 9.86. The van der Waals surface area contributed by atoms with Gasteiger partial charge in [-0.05, 0) is 89.5 Å². The van der Waals surface area contributed by atoms with Crippen LogP contribution in [0.2, 0.25) is 0 Å².